The predicted molar refractivity (Wildman–Crippen MR) is 92.2 cm³/mol. The van der Waals surface area contributed by atoms with Gasteiger partial charge in [-0.05, 0) is 6.42 Å². The first kappa shape index (κ1) is 20.4. The number of nitrogens with zero attached hydrogens (tertiary/aromatic N) is 1. The third kappa shape index (κ3) is 19.4. The molecule has 21 heavy (non-hydrogen) atoms. The Hall–Kier alpha value is -0.620. The molecule has 0 bridgehead atoms. The zero-order chi connectivity index (χ0) is 15.4. The van der Waals surface area contributed by atoms with E-state index >= 15 is 0 Å². The Kier molecular flexibility index (Phi) is 18.8. The van der Waals surface area contributed by atoms with E-state index < -0.39 is 0 Å². The van der Waals surface area contributed by atoms with Gasteiger partial charge in [-0.25, -0.2) is 9.79 Å². The van der Waals surface area contributed by atoms with E-state index in [0.717, 1.165) is 12.8 Å². The van der Waals surface area contributed by atoms with Crippen LogP contribution in [0.3, 0.4) is 0 Å². The van der Waals surface area contributed by atoms with Gasteiger partial charge < -0.3 is 0 Å². The summed E-state index contributed by atoms with van der Waals surface area (Å²) in [5.74, 6) is 0. The highest BCUT2D eigenvalue weighted by Crippen LogP contribution is 2.13. The van der Waals surface area contributed by atoms with Crippen molar-refractivity contribution in [1.82, 2.24) is 0 Å². The van der Waals surface area contributed by atoms with Gasteiger partial charge in [-0.2, -0.15) is 0 Å². The van der Waals surface area contributed by atoms with Crippen molar-refractivity contribution in [3.05, 3.63) is 6.92 Å². The summed E-state index contributed by atoms with van der Waals surface area (Å²) in [6, 6.07) is 0. The zero-order valence-corrected chi connectivity index (χ0v) is 14.1. The number of aliphatic imine (C=N–C) groups is 1. The minimum Gasteiger partial charge on any atom is -0.211 e. The monoisotopic (exact) mass is 294 g/mol. The Morgan fingerprint density at radius 1 is 0.571 bits per heavy atom. The van der Waals surface area contributed by atoms with Crippen LogP contribution >= 0.6 is 0 Å². The fourth-order valence-corrected chi connectivity index (χ4v) is 2.71. The summed E-state index contributed by atoms with van der Waals surface area (Å²) in [6.45, 7) is 4.54. The average Bonchev–Trinajstić information content (AvgIpc) is 2.50. The Balaban J connectivity index is 2.94. The zero-order valence-electron chi connectivity index (χ0n) is 14.1. The largest absolute Gasteiger partial charge is 0.234 e. The number of hydrogen-bond acceptors (Lipinski definition) is 2. The second-order valence-electron chi connectivity index (χ2n) is 6.13. The SMILES string of the molecule is [CH2]CCCCCCCCCCCCCCCCCN=C=O. The number of carbonyl (C=O) groups excluding carboxylic acids is 1. The van der Waals surface area contributed by atoms with Crippen molar-refractivity contribution in [1.29, 1.82) is 0 Å². The van der Waals surface area contributed by atoms with Crippen molar-refractivity contribution >= 4 is 6.08 Å². The van der Waals surface area contributed by atoms with Crippen molar-refractivity contribution in [3.8, 4) is 0 Å². The molecule has 2 nitrogen and oxygen atoms in total. The number of isocyanates is 1. The van der Waals surface area contributed by atoms with Crippen LogP contribution in [0.15, 0.2) is 4.99 Å². The van der Waals surface area contributed by atoms with Crippen molar-refractivity contribution in [2.75, 3.05) is 6.54 Å². The van der Waals surface area contributed by atoms with Gasteiger partial charge in [0, 0.05) is 0 Å². The first-order valence-electron chi connectivity index (χ1n) is 9.24. The first-order valence-corrected chi connectivity index (χ1v) is 9.24. The van der Waals surface area contributed by atoms with E-state index in [1.54, 1.807) is 6.08 Å². The third-order valence-corrected chi connectivity index (χ3v) is 4.08. The Bertz CT molecular complexity index is 234. The van der Waals surface area contributed by atoms with Crippen LogP contribution in [0.25, 0.3) is 0 Å². The van der Waals surface area contributed by atoms with Gasteiger partial charge in [0.05, 0.1) is 6.54 Å². The van der Waals surface area contributed by atoms with E-state index in [-0.39, 0.29) is 0 Å². The Labute approximate surface area is 132 Å². The molecule has 0 aromatic carbocycles. The van der Waals surface area contributed by atoms with Crippen LogP contribution in [0.4, 0.5) is 0 Å². The smallest absolute Gasteiger partial charge is 0.211 e. The maximum Gasteiger partial charge on any atom is 0.234 e. The van der Waals surface area contributed by atoms with Gasteiger partial charge in [0.25, 0.3) is 0 Å². The van der Waals surface area contributed by atoms with E-state index in [1.807, 2.05) is 0 Å². The van der Waals surface area contributed by atoms with Crippen LogP contribution in [-0.2, 0) is 4.79 Å². The molecule has 2 heteroatoms. The molecule has 0 aliphatic rings. The highest BCUT2D eigenvalue weighted by atomic mass is 16.1. The molecule has 0 spiro atoms. The molecule has 0 heterocycles. The fraction of sp³-hybridized carbons (Fsp3) is 0.895. The molecule has 0 rings (SSSR count). The molecule has 0 aromatic rings. The van der Waals surface area contributed by atoms with Gasteiger partial charge in [0.15, 0.2) is 0 Å². The normalized spacial score (nSPS) is 10.5. The lowest BCUT2D eigenvalue weighted by Crippen LogP contribution is -1.84. The quantitative estimate of drug-likeness (QED) is 0.173. The summed E-state index contributed by atoms with van der Waals surface area (Å²) < 4.78 is 0. The van der Waals surface area contributed by atoms with Crippen LogP contribution < -0.4 is 0 Å². The highest BCUT2D eigenvalue weighted by Gasteiger charge is 1.94. The van der Waals surface area contributed by atoms with Crippen molar-refractivity contribution in [3.63, 3.8) is 0 Å². The maximum absolute atomic E-state index is 9.87. The van der Waals surface area contributed by atoms with Gasteiger partial charge in [-0.3, -0.25) is 0 Å². The molecular weight excluding hydrogens is 258 g/mol. The van der Waals surface area contributed by atoms with Gasteiger partial charge in [0.1, 0.15) is 0 Å². The van der Waals surface area contributed by atoms with E-state index in [1.165, 1.54) is 89.9 Å². The third-order valence-electron chi connectivity index (χ3n) is 4.08. The highest BCUT2D eigenvalue weighted by molar-refractivity contribution is 5.32. The van der Waals surface area contributed by atoms with Crippen LogP contribution in [-0.4, -0.2) is 12.6 Å². The standard InChI is InChI=1S/C19H36NO/c1-2-3-4-5-6-7-8-9-10-11-12-13-14-15-16-17-18-20-19-21/h1-18H2. The molecule has 0 amide bonds. The lowest BCUT2D eigenvalue weighted by Gasteiger charge is -2.03. The van der Waals surface area contributed by atoms with Gasteiger partial charge in [0.2, 0.25) is 6.08 Å². The molecule has 0 unspecified atom stereocenters. The Morgan fingerprint density at radius 2 is 0.905 bits per heavy atom. The average molecular weight is 295 g/mol. The number of rotatable bonds is 17. The second kappa shape index (κ2) is 19.4. The molecule has 0 N–H and O–H groups in total. The molecule has 0 aliphatic heterocycles. The summed E-state index contributed by atoms with van der Waals surface area (Å²) in [6.07, 6.45) is 23.0. The van der Waals surface area contributed by atoms with Gasteiger partial charge >= 0.3 is 0 Å². The van der Waals surface area contributed by atoms with E-state index in [9.17, 15) is 4.79 Å². The lowest BCUT2D eigenvalue weighted by molar-refractivity contribution is 0.531. The molecular formula is C19H36NO. The number of hydrogen-bond donors (Lipinski definition) is 0. The summed E-state index contributed by atoms with van der Waals surface area (Å²) in [5, 5.41) is 0. The van der Waals surface area contributed by atoms with Crippen molar-refractivity contribution in [2.45, 2.75) is 103 Å². The summed E-state index contributed by atoms with van der Waals surface area (Å²) in [7, 11) is 0. The molecule has 1 radical (unpaired) electrons. The molecule has 0 atom stereocenters. The number of unbranched alkanes of at least 4 members (excludes halogenated alkanes) is 15. The van der Waals surface area contributed by atoms with Crippen LogP contribution in [0.2, 0.25) is 0 Å². The fourth-order valence-electron chi connectivity index (χ4n) is 2.71. The molecule has 123 valence electrons. The Morgan fingerprint density at radius 3 is 1.24 bits per heavy atom. The minimum atomic E-state index is 0.666. The maximum atomic E-state index is 9.87. The van der Waals surface area contributed by atoms with Crippen molar-refractivity contribution < 1.29 is 4.79 Å². The van der Waals surface area contributed by atoms with Gasteiger partial charge in [-0.1, -0.05) is 103 Å². The molecule has 0 saturated carbocycles. The van der Waals surface area contributed by atoms with E-state index in [2.05, 4.69) is 11.9 Å². The molecule has 0 aromatic heterocycles. The van der Waals surface area contributed by atoms with Crippen LogP contribution in [0, 0.1) is 6.92 Å². The van der Waals surface area contributed by atoms with E-state index in [4.69, 9.17) is 0 Å². The summed E-state index contributed by atoms with van der Waals surface area (Å²) in [4.78, 5) is 13.4. The minimum absolute atomic E-state index is 0.666. The van der Waals surface area contributed by atoms with Gasteiger partial charge in [-0.15, -0.1) is 0 Å². The van der Waals surface area contributed by atoms with Crippen molar-refractivity contribution in [2.24, 2.45) is 4.99 Å². The second-order valence-corrected chi connectivity index (χ2v) is 6.13. The summed E-state index contributed by atoms with van der Waals surface area (Å²) >= 11 is 0. The first-order chi connectivity index (χ1) is 10.4. The molecule has 0 aliphatic carbocycles. The lowest BCUT2D eigenvalue weighted by atomic mass is 10.0. The van der Waals surface area contributed by atoms with E-state index in [0.29, 0.717) is 6.54 Å². The topological polar surface area (TPSA) is 29.4 Å². The van der Waals surface area contributed by atoms with Crippen LogP contribution in [0.1, 0.15) is 103 Å². The predicted octanol–water partition coefficient (Wildman–Crippen LogP) is 6.40. The molecule has 0 fully saturated rings. The molecule has 0 saturated heterocycles. The summed E-state index contributed by atoms with van der Waals surface area (Å²) in [5.41, 5.74) is 0. The van der Waals surface area contributed by atoms with Crippen LogP contribution in [0.5, 0.6) is 0 Å².